The van der Waals surface area contributed by atoms with Crippen molar-refractivity contribution >= 4 is 17.8 Å². The Morgan fingerprint density at radius 1 is 1.29 bits per heavy atom. The molecule has 0 bridgehead atoms. The van der Waals surface area contributed by atoms with Crippen LogP contribution in [0.2, 0.25) is 0 Å². The molecule has 2 rings (SSSR count). The van der Waals surface area contributed by atoms with Crippen LogP contribution in [0.15, 0.2) is 39.9 Å². The molecule has 0 saturated heterocycles. The maximum atomic E-state index is 12.0. The van der Waals surface area contributed by atoms with E-state index in [0.29, 0.717) is 5.56 Å². The summed E-state index contributed by atoms with van der Waals surface area (Å²) in [6, 6.07) is 9.23. The van der Waals surface area contributed by atoms with Crippen molar-refractivity contribution in [3.05, 3.63) is 53.0 Å². The second kappa shape index (κ2) is 6.26. The average Bonchev–Trinajstić information content (AvgIpc) is 2.77. The lowest BCUT2D eigenvalue weighted by Gasteiger charge is -2.12. The minimum absolute atomic E-state index is 0.243. The van der Waals surface area contributed by atoms with Crippen LogP contribution in [-0.2, 0) is 0 Å². The fourth-order valence-electron chi connectivity index (χ4n) is 1.93. The number of amides is 1. The second-order valence-electron chi connectivity index (χ2n) is 5.01. The van der Waals surface area contributed by atoms with Crippen molar-refractivity contribution < 1.29 is 9.21 Å². The summed E-state index contributed by atoms with van der Waals surface area (Å²) in [5.74, 6) is 1.35. The van der Waals surface area contributed by atoms with Crippen molar-refractivity contribution in [1.29, 1.82) is 0 Å². The van der Waals surface area contributed by atoms with E-state index in [4.69, 9.17) is 4.42 Å². The maximum Gasteiger partial charge on any atom is 0.271 e. The normalized spacial score (nSPS) is 10.9. The number of hydrazone groups is 1. The summed E-state index contributed by atoms with van der Waals surface area (Å²) >= 11 is 0. The van der Waals surface area contributed by atoms with Crippen molar-refractivity contribution in [1.82, 2.24) is 5.43 Å². The van der Waals surface area contributed by atoms with E-state index in [2.05, 4.69) is 10.5 Å². The molecule has 1 N–H and O–H groups in total. The molecule has 0 unspecified atom stereocenters. The van der Waals surface area contributed by atoms with E-state index in [0.717, 1.165) is 22.8 Å². The van der Waals surface area contributed by atoms with Gasteiger partial charge in [-0.25, -0.2) is 5.43 Å². The van der Waals surface area contributed by atoms with E-state index >= 15 is 0 Å². The van der Waals surface area contributed by atoms with Gasteiger partial charge >= 0.3 is 0 Å². The molecule has 5 heteroatoms. The second-order valence-corrected chi connectivity index (χ2v) is 5.01. The maximum absolute atomic E-state index is 12.0. The number of hydrogen-bond donors (Lipinski definition) is 1. The first-order chi connectivity index (χ1) is 9.97. The number of hydrogen-bond acceptors (Lipinski definition) is 4. The SMILES string of the molecule is Cc1cc(/C=N/NC(=O)c2cccc(N(C)C)c2)c(C)o1. The Kier molecular flexibility index (Phi) is 4.42. The van der Waals surface area contributed by atoms with E-state index in [-0.39, 0.29) is 5.91 Å². The zero-order chi connectivity index (χ0) is 15.4. The number of anilines is 1. The summed E-state index contributed by atoms with van der Waals surface area (Å²) in [7, 11) is 3.86. The van der Waals surface area contributed by atoms with Gasteiger partial charge in [0.05, 0.1) is 6.21 Å². The van der Waals surface area contributed by atoms with Crippen LogP contribution < -0.4 is 10.3 Å². The molecule has 1 aromatic carbocycles. The zero-order valence-corrected chi connectivity index (χ0v) is 12.7. The molecule has 0 aliphatic rings. The van der Waals surface area contributed by atoms with E-state index in [9.17, 15) is 4.79 Å². The molecular formula is C16H19N3O2. The highest BCUT2D eigenvalue weighted by Crippen LogP contribution is 2.13. The molecule has 0 aliphatic heterocycles. The lowest BCUT2D eigenvalue weighted by atomic mass is 10.2. The standard InChI is InChI=1S/C16H19N3O2/c1-11-8-14(12(2)21-11)10-17-18-16(20)13-6-5-7-15(9-13)19(3)4/h5-10H,1-4H3,(H,18,20)/b17-10+. The number of benzene rings is 1. The molecular weight excluding hydrogens is 266 g/mol. The molecule has 1 amide bonds. The van der Waals surface area contributed by atoms with E-state index in [1.807, 2.05) is 57.1 Å². The summed E-state index contributed by atoms with van der Waals surface area (Å²) in [5, 5.41) is 3.97. The molecule has 1 heterocycles. The van der Waals surface area contributed by atoms with Crippen LogP contribution in [0, 0.1) is 13.8 Å². The van der Waals surface area contributed by atoms with Crippen molar-refractivity contribution in [3.63, 3.8) is 0 Å². The molecule has 1 aromatic heterocycles. The largest absolute Gasteiger partial charge is 0.466 e. The third-order valence-electron chi connectivity index (χ3n) is 3.07. The van der Waals surface area contributed by atoms with Crippen LogP contribution in [0.1, 0.15) is 27.4 Å². The van der Waals surface area contributed by atoms with Crippen molar-refractivity contribution in [2.45, 2.75) is 13.8 Å². The van der Waals surface area contributed by atoms with E-state index < -0.39 is 0 Å². The molecule has 0 saturated carbocycles. The molecule has 0 spiro atoms. The van der Waals surface area contributed by atoms with Gasteiger partial charge in [-0.3, -0.25) is 4.79 Å². The molecule has 2 aromatic rings. The number of carbonyl (C=O) groups is 1. The Hall–Kier alpha value is -2.56. The van der Waals surface area contributed by atoms with Gasteiger partial charge in [0.15, 0.2) is 0 Å². The van der Waals surface area contributed by atoms with Gasteiger partial charge in [-0.2, -0.15) is 5.10 Å². The number of furan rings is 1. The van der Waals surface area contributed by atoms with Crippen LogP contribution in [-0.4, -0.2) is 26.2 Å². The van der Waals surface area contributed by atoms with Crippen LogP contribution >= 0.6 is 0 Å². The molecule has 21 heavy (non-hydrogen) atoms. The number of rotatable bonds is 4. The number of aryl methyl sites for hydroxylation is 2. The van der Waals surface area contributed by atoms with Gasteiger partial charge in [0, 0.05) is 30.9 Å². The molecule has 5 nitrogen and oxygen atoms in total. The van der Waals surface area contributed by atoms with E-state index in [1.165, 1.54) is 0 Å². The number of nitrogens with zero attached hydrogens (tertiary/aromatic N) is 2. The molecule has 0 fully saturated rings. The summed E-state index contributed by atoms with van der Waals surface area (Å²) in [6.45, 7) is 3.73. The minimum Gasteiger partial charge on any atom is -0.466 e. The van der Waals surface area contributed by atoms with Crippen LogP contribution in [0.25, 0.3) is 0 Å². The quantitative estimate of drug-likeness (QED) is 0.694. The van der Waals surface area contributed by atoms with Gasteiger partial charge in [0.25, 0.3) is 5.91 Å². The molecule has 0 atom stereocenters. The Morgan fingerprint density at radius 3 is 2.67 bits per heavy atom. The monoisotopic (exact) mass is 285 g/mol. The fraction of sp³-hybridized carbons (Fsp3) is 0.250. The first kappa shape index (κ1) is 14.8. The Morgan fingerprint density at radius 2 is 2.05 bits per heavy atom. The average molecular weight is 285 g/mol. The Bertz CT molecular complexity index is 672. The summed E-state index contributed by atoms with van der Waals surface area (Å²) in [6.07, 6.45) is 1.58. The highest BCUT2D eigenvalue weighted by atomic mass is 16.3. The third kappa shape index (κ3) is 3.72. The predicted molar refractivity (Wildman–Crippen MR) is 84.0 cm³/mol. The van der Waals surface area contributed by atoms with Gasteiger partial charge < -0.3 is 9.32 Å². The highest BCUT2D eigenvalue weighted by molar-refractivity contribution is 5.95. The van der Waals surface area contributed by atoms with Gasteiger partial charge in [-0.05, 0) is 38.1 Å². The Labute approximate surface area is 124 Å². The first-order valence-electron chi connectivity index (χ1n) is 6.65. The van der Waals surface area contributed by atoms with Crippen molar-refractivity contribution in [2.75, 3.05) is 19.0 Å². The predicted octanol–water partition coefficient (Wildman–Crippen LogP) is 2.73. The molecule has 0 aliphatic carbocycles. The summed E-state index contributed by atoms with van der Waals surface area (Å²) < 4.78 is 5.39. The molecule has 110 valence electrons. The lowest BCUT2D eigenvalue weighted by Crippen LogP contribution is -2.18. The number of carbonyl (C=O) groups excluding carboxylic acids is 1. The highest BCUT2D eigenvalue weighted by Gasteiger charge is 2.06. The zero-order valence-electron chi connectivity index (χ0n) is 12.7. The first-order valence-corrected chi connectivity index (χ1v) is 6.65. The lowest BCUT2D eigenvalue weighted by molar-refractivity contribution is 0.0955. The van der Waals surface area contributed by atoms with Gasteiger partial charge in [0.1, 0.15) is 11.5 Å². The Balaban J connectivity index is 2.05. The van der Waals surface area contributed by atoms with Gasteiger partial charge in [-0.15, -0.1) is 0 Å². The molecule has 0 radical (unpaired) electrons. The summed E-state index contributed by atoms with van der Waals surface area (Å²) in [4.78, 5) is 14.0. The van der Waals surface area contributed by atoms with Crippen LogP contribution in [0.5, 0.6) is 0 Å². The van der Waals surface area contributed by atoms with E-state index in [1.54, 1.807) is 12.3 Å². The fourth-order valence-corrected chi connectivity index (χ4v) is 1.93. The number of nitrogens with one attached hydrogen (secondary N) is 1. The topological polar surface area (TPSA) is 57.8 Å². The summed E-state index contributed by atoms with van der Waals surface area (Å²) in [5.41, 5.74) is 4.91. The van der Waals surface area contributed by atoms with Crippen LogP contribution in [0.4, 0.5) is 5.69 Å². The minimum atomic E-state index is -0.243. The van der Waals surface area contributed by atoms with Crippen molar-refractivity contribution in [2.24, 2.45) is 5.10 Å². The smallest absolute Gasteiger partial charge is 0.271 e. The van der Waals surface area contributed by atoms with Gasteiger partial charge in [-0.1, -0.05) is 6.07 Å². The van der Waals surface area contributed by atoms with Crippen molar-refractivity contribution in [3.8, 4) is 0 Å². The van der Waals surface area contributed by atoms with Crippen LogP contribution in [0.3, 0.4) is 0 Å². The van der Waals surface area contributed by atoms with Gasteiger partial charge in [0.2, 0.25) is 0 Å². The third-order valence-corrected chi connectivity index (χ3v) is 3.07.